The van der Waals surface area contributed by atoms with Gasteiger partial charge < -0.3 is 5.32 Å². The van der Waals surface area contributed by atoms with E-state index in [1.165, 1.54) is 34.6 Å². The van der Waals surface area contributed by atoms with Crippen LogP contribution in [-0.2, 0) is 13.1 Å². The minimum absolute atomic E-state index is 0.672. The molecule has 0 saturated heterocycles. The van der Waals surface area contributed by atoms with Crippen molar-refractivity contribution >= 4 is 11.3 Å². The van der Waals surface area contributed by atoms with Gasteiger partial charge in [0, 0.05) is 28.9 Å². The van der Waals surface area contributed by atoms with Crippen LogP contribution in [-0.4, -0.2) is 24.5 Å². The molecule has 1 heterocycles. The molecule has 1 unspecified atom stereocenters. The topological polar surface area (TPSA) is 15.3 Å². The summed E-state index contributed by atoms with van der Waals surface area (Å²) >= 11 is 1.94. The molecule has 2 nitrogen and oxygen atoms in total. The number of nitrogens with one attached hydrogen (secondary N) is 1. The van der Waals surface area contributed by atoms with Crippen LogP contribution < -0.4 is 5.32 Å². The molecular formula is C16H30N2S. The van der Waals surface area contributed by atoms with Gasteiger partial charge in [-0.3, -0.25) is 4.90 Å². The van der Waals surface area contributed by atoms with Gasteiger partial charge in [0.05, 0.1) is 0 Å². The van der Waals surface area contributed by atoms with E-state index in [1.807, 2.05) is 11.3 Å². The average molecular weight is 282 g/mol. The van der Waals surface area contributed by atoms with Crippen molar-refractivity contribution < 1.29 is 0 Å². The summed E-state index contributed by atoms with van der Waals surface area (Å²) in [6.07, 6.45) is 3.75. The minimum atomic E-state index is 0.672. The van der Waals surface area contributed by atoms with Crippen molar-refractivity contribution in [2.24, 2.45) is 0 Å². The van der Waals surface area contributed by atoms with Crippen molar-refractivity contribution in [3.8, 4) is 0 Å². The Morgan fingerprint density at radius 3 is 2.68 bits per heavy atom. The Bertz CT molecular complexity index is 360. The van der Waals surface area contributed by atoms with Gasteiger partial charge in [0.2, 0.25) is 0 Å². The number of nitrogens with zero attached hydrogens (tertiary/aromatic N) is 1. The van der Waals surface area contributed by atoms with Crippen LogP contribution in [0.5, 0.6) is 0 Å². The molecule has 1 N–H and O–H groups in total. The quantitative estimate of drug-likeness (QED) is 0.684. The fraction of sp³-hybridized carbons (Fsp3) is 0.750. The average Bonchev–Trinajstić information content (AvgIpc) is 2.70. The van der Waals surface area contributed by atoms with Gasteiger partial charge >= 0.3 is 0 Å². The summed E-state index contributed by atoms with van der Waals surface area (Å²) in [4.78, 5) is 5.42. The second kappa shape index (κ2) is 8.72. The number of hydrogen-bond donors (Lipinski definition) is 1. The summed E-state index contributed by atoms with van der Waals surface area (Å²) in [5.41, 5.74) is 1.50. The van der Waals surface area contributed by atoms with Gasteiger partial charge in [-0.1, -0.05) is 20.3 Å². The van der Waals surface area contributed by atoms with Gasteiger partial charge in [0.1, 0.15) is 0 Å². The van der Waals surface area contributed by atoms with Crippen LogP contribution >= 0.6 is 11.3 Å². The zero-order chi connectivity index (χ0) is 14.3. The molecule has 1 atom stereocenters. The van der Waals surface area contributed by atoms with Gasteiger partial charge in [-0.05, 0) is 51.9 Å². The molecule has 1 rings (SSSR count). The lowest BCUT2D eigenvalue weighted by atomic mass is 10.1. The maximum Gasteiger partial charge on any atom is 0.0299 e. The van der Waals surface area contributed by atoms with Crippen molar-refractivity contribution in [1.29, 1.82) is 0 Å². The molecule has 0 aliphatic rings. The molecule has 0 bridgehead atoms. The molecule has 0 saturated carbocycles. The first-order chi connectivity index (χ1) is 9.08. The lowest BCUT2D eigenvalue weighted by Crippen LogP contribution is -2.28. The van der Waals surface area contributed by atoms with Crippen molar-refractivity contribution in [2.75, 3.05) is 13.6 Å². The largest absolute Gasteiger partial charge is 0.312 e. The lowest BCUT2D eigenvalue weighted by Gasteiger charge is -2.24. The fourth-order valence-corrected chi connectivity index (χ4v) is 3.31. The summed E-state index contributed by atoms with van der Waals surface area (Å²) in [7, 11) is 2.24. The number of thiophene rings is 1. The van der Waals surface area contributed by atoms with Crippen LogP contribution in [0.2, 0.25) is 0 Å². The van der Waals surface area contributed by atoms with Gasteiger partial charge in [0.25, 0.3) is 0 Å². The highest BCUT2D eigenvalue weighted by atomic mass is 32.1. The van der Waals surface area contributed by atoms with Crippen molar-refractivity contribution in [3.05, 3.63) is 21.4 Å². The molecule has 0 fully saturated rings. The standard InChI is InChI=1S/C16H30N2S/c1-6-8-13(3)18(5)12-15-10-16(19-14(15)4)11-17-9-7-2/h10,13,17H,6-9,11-12H2,1-5H3. The fourth-order valence-electron chi connectivity index (χ4n) is 2.28. The molecule has 0 radical (unpaired) electrons. The van der Waals surface area contributed by atoms with Crippen LogP contribution in [0.1, 0.15) is 55.4 Å². The van der Waals surface area contributed by atoms with Crippen molar-refractivity contribution in [3.63, 3.8) is 0 Å². The van der Waals surface area contributed by atoms with E-state index in [-0.39, 0.29) is 0 Å². The van der Waals surface area contributed by atoms with E-state index in [9.17, 15) is 0 Å². The summed E-state index contributed by atoms with van der Waals surface area (Å²) in [6.45, 7) is 12.3. The van der Waals surface area contributed by atoms with Gasteiger partial charge in [-0.2, -0.15) is 0 Å². The summed E-state index contributed by atoms with van der Waals surface area (Å²) in [5.74, 6) is 0. The van der Waals surface area contributed by atoms with E-state index in [0.717, 1.165) is 19.6 Å². The van der Waals surface area contributed by atoms with E-state index >= 15 is 0 Å². The number of aryl methyl sites for hydroxylation is 1. The van der Waals surface area contributed by atoms with E-state index in [0.29, 0.717) is 6.04 Å². The first-order valence-electron chi connectivity index (χ1n) is 7.57. The van der Waals surface area contributed by atoms with Gasteiger partial charge in [0.15, 0.2) is 0 Å². The number of hydrogen-bond acceptors (Lipinski definition) is 3. The molecule has 110 valence electrons. The third kappa shape index (κ3) is 5.64. The third-order valence-corrected chi connectivity index (χ3v) is 4.77. The normalized spacial score (nSPS) is 13.2. The Labute approximate surface area is 123 Å². The first-order valence-corrected chi connectivity index (χ1v) is 8.39. The predicted octanol–water partition coefficient (Wildman–Crippen LogP) is 4.18. The second-order valence-electron chi connectivity index (χ2n) is 5.52. The number of rotatable bonds is 9. The Morgan fingerprint density at radius 1 is 1.32 bits per heavy atom. The molecule has 0 aliphatic heterocycles. The van der Waals surface area contributed by atoms with E-state index in [4.69, 9.17) is 0 Å². The molecule has 19 heavy (non-hydrogen) atoms. The molecule has 0 amide bonds. The van der Waals surface area contributed by atoms with Crippen LogP contribution in [0.3, 0.4) is 0 Å². The summed E-state index contributed by atoms with van der Waals surface area (Å²) in [5, 5.41) is 3.49. The maximum absolute atomic E-state index is 3.49. The summed E-state index contributed by atoms with van der Waals surface area (Å²) in [6, 6.07) is 3.06. The molecule has 1 aromatic rings. The van der Waals surface area contributed by atoms with Crippen molar-refractivity contribution in [1.82, 2.24) is 10.2 Å². The molecule has 0 aliphatic carbocycles. The summed E-state index contributed by atoms with van der Waals surface area (Å²) < 4.78 is 0. The van der Waals surface area contributed by atoms with Gasteiger partial charge in [-0.15, -0.1) is 11.3 Å². The Morgan fingerprint density at radius 2 is 2.05 bits per heavy atom. The monoisotopic (exact) mass is 282 g/mol. The smallest absolute Gasteiger partial charge is 0.0299 e. The molecule has 0 spiro atoms. The minimum Gasteiger partial charge on any atom is -0.312 e. The zero-order valence-electron chi connectivity index (χ0n) is 13.3. The third-order valence-electron chi connectivity index (χ3n) is 3.68. The molecule has 0 aromatic carbocycles. The molecule has 3 heteroatoms. The zero-order valence-corrected chi connectivity index (χ0v) is 14.1. The van der Waals surface area contributed by atoms with Crippen LogP contribution in [0.15, 0.2) is 6.07 Å². The highest BCUT2D eigenvalue weighted by Gasteiger charge is 2.12. The van der Waals surface area contributed by atoms with Gasteiger partial charge in [-0.25, -0.2) is 0 Å². The van der Waals surface area contributed by atoms with E-state index in [1.54, 1.807) is 0 Å². The first kappa shape index (κ1) is 16.7. The Hall–Kier alpha value is -0.380. The van der Waals surface area contributed by atoms with Crippen LogP contribution in [0, 0.1) is 6.92 Å². The SMILES string of the molecule is CCCNCc1cc(CN(C)C(C)CCC)c(C)s1. The lowest BCUT2D eigenvalue weighted by molar-refractivity contribution is 0.236. The van der Waals surface area contributed by atoms with E-state index < -0.39 is 0 Å². The maximum atomic E-state index is 3.49. The van der Waals surface area contributed by atoms with Crippen molar-refractivity contribution in [2.45, 2.75) is 66.1 Å². The Kier molecular flexibility index (Phi) is 7.66. The van der Waals surface area contributed by atoms with Crippen LogP contribution in [0.25, 0.3) is 0 Å². The molecular weight excluding hydrogens is 252 g/mol. The second-order valence-corrected chi connectivity index (χ2v) is 6.86. The highest BCUT2D eigenvalue weighted by Crippen LogP contribution is 2.23. The highest BCUT2D eigenvalue weighted by molar-refractivity contribution is 7.12. The van der Waals surface area contributed by atoms with Crippen LogP contribution in [0.4, 0.5) is 0 Å². The van der Waals surface area contributed by atoms with E-state index in [2.05, 4.69) is 51.0 Å². The molecule has 1 aromatic heterocycles. The predicted molar refractivity (Wildman–Crippen MR) is 86.9 cm³/mol. The Balaban J connectivity index is 2.53.